The second kappa shape index (κ2) is 8.84. The first-order chi connectivity index (χ1) is 12.8. The lowest BCUT2D eigenvalue weighted by molar-refractivity contribution is -0.125. The Hall–Kier alpha value is -2.63. The Kier molecular flexibility index (Phi) is 6.77. The van der Waals surface area contributed by atoms with Crippen molar-refractivity contribution in [2.45, 2.75) is 45.6 Å². The van der Waals surface area contributed by atoms with E-state index in [1.165, 1.54) is 11.8 Å². The fourth-order valence-electron chi connectivity index (χ4n) is 2.72. The lowest BCUT2D eigenvalue weighted by atomic mass is 10.1. The third kappa shape index (κ3) is 5.42. The van der Waals surface area contributed by atoms with Gasteiger partial charge in [0.1, 0.15) is 5.75 Å². The zero-order valence-electron chi connectivity index (χ0n) is 16.6. The van der Waals surface area contributed by atoms with Gasteiger partial charge in [0.25, 0.3) is 5.91 Å². The smallest absolute Gasteiger partial charge is 0.272 e. The Morgan fingerprint density at radius 2 is 2.00 bits per heavy atom. The van der Waals surface area contributed by atoms with E-state index in [-0.39, 0.29) is 5.91 Å². The van der Waals surface area contributed by atoms with E-state index in [0.717, 1.165) is 22.0 Å². The minimum absolute atomic E-state index is 0.211. The average Bonchev–Trinajstić information content (AvgIpc) is 2.59. The van der Waals surface area contributed by atoms with E-state index in [1.807, 2.05) is 45.2 Å². The van der Waals surface area contributed by atoms with Gasteiger partial charge in [-0.1, -0.05) is 11.8 Å². The number of aromatic nitrogens is 1. The fraction of sp³-hybridized carbons (Fsp3) is 0.364. The molecule has 0 saturated heterocycles. The van der Waals surface area contributed by atoms with Crippen molar-refractivity contribution in [2.24, 2.45) is 0 Å². The molecule has 0 aliphatic heterocycles. The van der Waals surface area contributed by atoms with Gasteiger partial charge in [0.2, 0.25) is 5.44 Å². The largest absolute Gasteiger partial charge is 0.470 e. The second-order valence-corrected chi connectivity index (χ2v) is 7.49. The zero-order valence-corrected chi connectivity index (χ0v) is 17.4. The van der Waals surface area contributed by atoms with E-state index in [9.17, 15) is 4.79 Å². The SMILES string of the molecule is CC#Cc1cnc2c(C)cc(OC(SC)C(=O)NC(C)(C)C#CC)cc2c1. The third-order valence-electron chi connectivity index (χ3n) is 3.76. The van der Waals surface area contributed by atoms with E-state index in [4.69, 9.17) is 4.74 Å². The molecule has 0 aliphatic rings. The molecule has 1 aromatic heterocycles. The number of pyridine rings is 1. The Balaban J connectivity index is 2.30. The molecule has 5 heteroatoms. The third-order valence-corrected chi connectivity index (χ3v) is 4.50. The Labute approximate surface area is 165 Å². The van der Waals surface area contributed by atoms with Gasteiger partial charge in [0.05, 0.1) is 11.1 Å². The van der Waals surface area contributed by atoms with Crippen LogP contribution < -0.4 is 10.1 Å². The van der Waals surface area contributed by atoms with Gasteiger partial charge >= 0.3 is 0 Å². The van der Waals surface area contributed by atoms with Crippen LogP contribution in [0.5, 0.6) is 5.75 Å². The number of carbonyl (C=O) groups is 1. The number of hydrogen-bond donors (Lipinski definition) is 1. The highest BCUT2D eigenvalue weighted by atomic mass is 32.2. The highest BCUT2D eigenvalue weighted by Crippen LogP contribution is 2.26. The first-order valence-electron chi connectivity index (χ1n) is 8.58. The number of ether oxygens (including phenoxy) is 1. The molecule has 1 heterocycles. The molecule has 0 aliphatic carbocycles. The summed E-state index contributed by atoms with van der Waals surface area (Å²) in [5.74, 6) is 12.1. The summed E-state index contributed by atoms with van der Waals surface area (Å²) < 4.78 is 5.98. The normalized spacial score (nSPS) is 11.6. The zero-order chi connectivity index (χ0) is 20.0. The number of nitrogens with zero attached hydrogens (tertiary/aromatic N) is 1. The van der Waals surface area contributed by atoms with Crippen molar-refractivity contribution >= 4 is 28.6 Å². The van der Waals surface area contributed by atoms with Crippen molar-refractivity contribution in [1.82, 2.24) is 10.3 Å². The number of nitrogens with one attached hydrogen (secondary N) is 1. The van der Waals surface area contributed by atoms with Gasteiger partial charge in [0, 0.05) is 17.1 Å². The van der Waals surface area contributed by atoms with Crippen LogP contribution in [0.4, 0.5) is 0 Å². The van der Waals surface area contributed by atoms with Crippen LogP contribution >= 0.6 is 11.8 Å². The van der Waals surface area contributed by atoms with Gasteiger partial charge in [0.15, 0.2) is 0 Å². The van der Waals surface area contributed by atoms with Gasteiger partial charge in [-0.05, 0) is 64.6 Å². The van der Waals surface area contributed by atoms with Gasteiger partial charge in [-0.3, -0.25) is 9.78 Å². The molecule has 1 aromatic carbocycles. The van der Waals surface area contributed by atoms with Gasteiger partial charge in [-0.15, -0.1) is 23.6 Å². The number of hydrogen-bond acceptors (Lipinski definition) is 4. The van der Waals surface area contributed by atoms with Crippen molar-refractivity contribution < 1.29 is 9.53 Å². The van der Waals surface area contributed by atoms with Gasteiger partial charge in [-0.25, -0.2) is 0 Å². The molecule has 1 N–H and O–H groups in total. The molecule has 0 saturated carbocycles. The maximum atomic E-state index is 12.6. The topological polar surface area (TPSA) is 51.2 Å². The lowest BCUT2D eigenvalue weighted by Crippen LogP contribution is -2.47. The van der Waals surface area contributed by atoms with Crippen LogP contribution in [0.3, 0.4) is 0 Å². The minimum Gasteiger partial charge on any atom is -0.470 e. The summed E-state index contributed by atoms with van der Waals surface area (Å²) in [5, 5.41) is 3.85. The van der Waals surface area contributed by atoms with Crippen molar-refractivity contribution in [1.29, 1.82) is 0 Å². The molecule has 0 fully saturated rings. The van der Waals surface area contributed by atoms with E-state index in [2.05, 4.69) is 34.0 Å². The lowest BCUT2D eigenvalue weighted by Gasteiger charge is -2.24. The predicted molar refractivity (Wildman–Crippen MR) is 113 cm³/mol. The van der Waals surface area contributed by atoms with Crippen molar-refractivity contribution in [3.8, 4) is 29.4 Å². The second-order valence-electron chi connectivity index (χ2n) is 6.59. The number of thioether (sulfide) groups is 1. The number of carbonyl (C=O) groups excluding carboxylic acids is 1. The van der Waals surface area contributed by atoms with Crippen LogP contribution in [0.1, 0.15) is 38.8 Å². The van der Waals surface area contributed by atoms with E-state index in [1.54, 1.807) is 20.0 Å². The highest BCUT2D eigenvalue weighted by molar-refractivity contribution is 7.99. The van der Waals surface area contributed by atoms with Crippen molar-refractivity contribution in [3.05, 3.63) is 35.5 Å². The summed E-state index contributed by atoms with van der Waals surface area (Å²) >= 11 is 1.33. The molecule has 4 nitrogen and oxygen atoms in total. The number of amides is 1. The Bertz CT molecular complexity index is 975. The molecule has 0 radical (unpaired) electrons. The fourth-order valence-corrected chi connectivity index (χ4v) is 3.20. The van der Waals surface area contributed by atoms with Crippen LogP contribution in [0.15, 0.2) is 24.4 Å². The molecule has 1 atom stereocenters. The molecule has 1 amide bonds. The molecular weight excluding hydrogens is 356 g/mol. The molecule has 0 bridgehead atoms. The summed E-state index contributed by atoms with van der Waals surface area (Å²) in [5.41, 5.74) is 1.44. The van der Waals surface area contributed by atoms with Crippen LogP contribution in [0.25, 0.3) is 10.9 Å². The molecule has 2 rings (SSSR count). The summed E-state index contributed by atoms with van der Waals surface area (Å²) in [6, 6.07) is 5.77. The molecule has 0 spiro atoms. The van der Waals surface area contributed by atoms with Crippen LogP contribution in [0, 0.1) is 30.6 Å². The first-order valence-corrected chi connectivity index (χ1v) is 9.87. The Morgan fingerprint density at radius 1 is 1.26 bits per heavy atom. The maximum absolute atomic E-state index is 12.6. The monoisotopic (exact) mass is 380 g/mol. The summed E-state index contributed by atoms with van der Waals surface area (Å²) in [6.45, 7) is 9.24. The Morgan fingerprint density at radius 3 is 2.63 bits per heavy atom. The van der Waals surface area contributed by atoms with Crippen molar-refractivity contribution in [2.75, 3.05) is 6.26 Å². The standard InChI is InChI=1S/C22H24N2O2S/c1-7-9-16-12-17-13-18(11-15(3)19(17)23-14-16)26-21(27-6)20(25)24-22(4,5)10-8-2/h11-14,21H,1-6H3,(H,24,25). The average molecular weight is 381 g/mol. The number of aryl methyl sites for hydroxylation is 1. The van der Waals surface area contributed by atoms with Gasteiger partial charge in [-0.2, -0.15) is 0 Å². The van der Waals surface area contributed by atoms with Gasteiger partial charge < -0.3 is 10.1 Å². The molecular formula is C22H24N2O2S. The number of rotatable bonds is 5. The number of fused-ring (bicyclic) bond motifs is 1. The maximum Gasteiger partial charge on any atom is 0.272 e. The molecule has 2 aromatic rings. The van der Waals surface area contributed by atoms with Crippen LogP contribution in [-0.4, -0.2) is 28.1 Å². The minimum atomic E-state index is -0.675. The highest BCUT2D eigenvalue weighted by Gasteiger charge is 2.25. The summed E-state index contributed by atoms with van der Waals surface area (Å²) in [6.07, 6.45) is 3.61. The predicted octanol–water partition coefficient (Wildman–Crippen LogP) is 3.90. The first kappa shape index (κ1) is 20.7. The van der Waals surface area contributed by atoms with Crippen molar-refractivity contribution in [3.63, 3.8) is 0 Å². The van der Waals surface area contributed by atoms with E-state index >= 15 is 0 Å². The number of benzene rings is 1. The van der Waals surface area contributed by atoms with E-state index < -0.39 is 11.0 Å². The quantitative estimate of drug-likeness (QED) is 0.631. The summed E-state index contributed by atoms with van der Waals surface area (Å²) in [4.78, 5) is 17.1. The molecule has 1 unspecified atom stereocenters. The summed E-state index contributed by atoms with van der Waals surface area (Å²) in [7, 11) is 0. The molecule has 140 valence electrons. The van der Waals surface area contributed by atoms with Crippen LogP contribution in [0.2, 0.25) is 0 Å². The molecule has 27 heavy (non-hydrogen) atoms. The van der Waals surface area contributed by atoms with Crippen LogP contribution in [-0.2, 0) is 4.79 Å². The van der Waals surface area contributed by atoms with E-state index in [0.29, 0.717) is 5.75 Å².